The summed E-state index contributed by atoms with van der Waals surface area (Å²) in [7, 11) is 0. The Morgan fingerprint density at radius 1 is 0.870 bits per heavy atom. The normalized spacial score (nSPS) is 12.1. The summed E-state index contributed by atoms with van der Waals surface area (Å²) in [6.45, 7) is 6.70. The topological polar surface area (TPSA) is 66.8 Å². The van der Waals surface area contributed by atoms with Crippen molar-refractivity contribution in [3.63, 3.8) is 0 Å². The third kappa shape index (κ3) is 4.41. The maximum Gasteiger partial charge on any atom is 0.343 e. The first kappa shape index (κ1) is 17.2. The maximum atomic E-state index is 12.2. The number of carbonyl (C=O) groups is 1. The summed E-state index contributed by atoms with van der Waals surface area (Å²) in [5.41, 5.74) is -0.212. The molecule has 2 N–H and O–H groups in total. The number of benzene rings is 2. The van der Waals surface area contributed by atoms with E-state index in [1.807, 2.05) is 0 Å². The van der Waals surface area contributed by atoms with Gasteiger partial charge in [-0.15, -0.1) is 0 Å². The van der Waals surface area contributed by atoms with E-state index in [1.54, 1.807) is 76.2 Å². The number of aliphatic hydroxyl groups is 2. The minimum atomic E-state index is -1.02. The summed E-state index contributed by atoms with van der Waals surface area (Å²) in [4.78, 5) is 12.2. The molecule has 0 fully saturated rings. The second-order valence-corrected chi connectivity index (χ2v) is 6.61. The van der Waals surface area contributed by atoms with Crippen molar-refractivity contribution in [2.45, 2.75) is 38.9 Å². The Morgan fingerprint density at radius 3 is 1.96 bits per heavy atom. The van der Waals surface area contributed by atoms with Crippen LogP contribution in [0.3, 0.4) is 0 Å². The number of hydrogen-bond donors (Lipinski definition) is 2. The first-order valence-corrected chi connectivity index (χ1v) is 7.45. The molecular formula is C19H22O4. The standard InChI is InChI=1S/C19H22O4/c1-18(2,21)14-8-10-16(11-9-14)23-17(20)13-6-5-7-15(12-13)19(3,4)22/h5-12,21-22H,1-4H3. The lowest BCUT2D eigenvalue weighted by atomic mass is 9.96. The Balaban J connectivity index is 2.16. The molecule has 0 spiro atoms. The molecule has 23 heavy (non-hydrogen) atoms. The van der Waals surface area contributed by atoms with Crippen molar-refractivity contribution < 1.29 is 19.7 Å². The van der Waals surface area contributed by atoms with E-state index in [4.69, 9.17) is 4.74 Å². The third-order valence-corrected chi connectivity index (χ3v) is 3.58. The molecule has 122 valence electrons. The summed E-state index contributed by atoms with van der Waals surface area (Å²) >= 11 is 0. The molecule has 0 aliphatic rings. The van der Waals surface area contributed by atoms with Gasteiger partial charge in [-0.3, -0.25) is 0 Å². The molecule has 0 aromatic heterocycles. The molecule has 0 saturated carbocycles. The van der Waals surface area contributed by atoms with Gasteiger partial charge in [0.25, 0.3) is 0 Å². The van der Waals surface area contributed by atoms with E-state index in [9.17, 15) is 15.0 Å². The van der Waals surface area contributed by atoms with E-state index in [0.717, 1.165) is 5.56 Å². The van der Waals surface area contributed by atoms with Gasteiger partial charge >= 0.3 is 5.97 Å². The number of rotatable bonds is 4. The van der Waals surface area contributed by atoms with Crippen LogP contribution in [0.4, 0.5) is 0 Å². The maximum absolute atomic E-state index is 12.2. The molecular weight excluding hydrogens is 292 g/mol. The van der Waals surface area contributed by atoms with Crippen molar-refractivity contribution in [3.8, 4) is 5.75 Å². The minimum Gasteiger partial charge on any atom is -0.423 e. The molecule has 0 amide bonds. The van der Waals surface area contributed by atoms with Crippen LogP contribution in [0.15, 0.2) is 48.5 Å². The summed E-state index contributed by atoms with van der Waals surface area (Å²) in [6.07, 6.45) is 0. The quantitative estimate of drug-likeness (QED) is 0.671. The van der Waals surface area contributed by atoms with Crippen molar-refractivity contribution in [1.82, 2.24) is 0 Å². The van der Waals surface area contributed by atoms with Gasteiger partial charge in [0, 0.05) is 0 Å². The molecule has 0 saturated heterocycles. The largest absolute Gasteiger partial charge is 0.423 e. The molecule has 4 heteroatoms. The van der Waals surface area contributed by atoms with Crippen LogP contribution in [-0.4, -0.2) is 16.2 Å². The average Bonchev–Trinajstić information content (AvgIpc) is 2.46. The molecule has 2 aromatic rings. The average molecular weight is 314 g/mol. The van der Waals surface area contributed by atoms with Crippen LogP contribution in [-0.2, 0) is 11.2 Å². The summed E-state index contributed by atoms with van der Waals surface area (Å²) in [6, 6.07) is 13.5. The van der Waals surface area contributed by atoms with Gasteiger partial charge in [-0.25, -0.2) is 4.79 Å². The molecule has 0 atom stereocenters. The van der Waals surface area contributed by atoms with Gasteiger partial charge in [-0.05, 0) is 63.1 Å². The Morgan fingerprint density at radius 2 is 1.43 bits per heavy atom. The van der Waals surface area contributed by atoms with Crippen LogP contribution >= 0.6 is 0 Å². The van der Waals surface area contributed by atoms with Crippen LogP contribution in [0.1, 0.15) is 49.2 Å². The Labute approximate surface area is 136 Å². The van der Waals surface area contributed by atoms with E-state index in [-0.39, 0.29) is 0 Å². The molecule has 0 radical (unpaired) electrons. The van der Waals surface area contributed by atoms with Gasteiger partial charge in [0.15, 0.2) is 0 Å². The lowest BCUT2D eigenvalue weighted by molar-refractivity contribution is 0.0728. The minimum absolute atomic E-state index is 0.371. The smallest absolute Gasteiger partial charge is 0.343 e. The lowest BCUT2D eigenvalue weighted by Gasteiger charge is -2.18. The summed E-state index contributed by atoms with van der Waals surface area (Å²) in [5.74, 6) is -0.0937. The fourth-order valence-electron chi connectivity index (χ4n) is 2.12. The molecule has 0 aliphatic carbocycles. The van der Waals surface area contributed by atoms with E-state index in [1.165, 1.54) is 0 Å². The second kappa shape index (κ2) is 6.14. The lowest BCUT2D eigenvalue weighted by Crippen LogP contribution is -2.17. The van der Waals surface area contributed by atoms with Crippen molar-refractivity contribution in [1.29, 1.82) is 0 Å². The van der Waals surface area contributed by atoms with Gasteiger partial charge in [0.1, 0.15) is 5.75 Å². The van der Waals surface area contributed by atoms with E-state index < -0.39 is 17.2 Å². The highest BCUT2D eigenvalue weighted by atomic mass is 16.5. The van der Waals surface area contributed by atoms with E-state index in [2.05, 4.69) is 0 Å². The molecule has 2 aromatic carbocycles. The van der Waals surface area contributed by atoms with Crippen molar-refractivity contribution in [2.75, 3.05) is 0 Å². The van der Waals surface area contributed by atoms with E-state index >= 15 is 0 Å². The SMILES string of the molecule is CC(C)(O)c1ccc(OC(=O)c2cccc(C(C)(C)O)c2)cc1. The van der Waals surface area contributed by atoms with Crippen molar-refractivity contribution in [3.05, 3.63) is 65.2 Å². The number of esters is 1. The summed E-state index contributed by atoms with van der Waals surface area (Å²) < 4.78 is 5.33. The van der Waals surface area contributed by atoms with Crippen LogP contribution in [0, 0.1) is 0 Å². The molecule has 0 unspecified atom stereocenters. The first-order valence-electron chi connectivity index (χ1n) is 7.45. The fourth-order valence-corrected chi connectivity index (χ4v) is 2.12. The number of hydrogen-bond acceptors (Lipinski definition) is 4. The number of ether oxygens (including phenoxy) is 1. The second-order valence-electron chi connectivity index (χ2n) is 6.61. The van der Waals surface area contributed by atoms with Gasteiger partial charge in [0.05, 0.1) is 16.8 Å². The van der Waals surface area contributed by atoms with Crippen molar-refractivity contribution in [2.24, 2.45) is 0 Å². The highest BCUT2D eigenvalue weighted by Gasteiger charge is 2.19. The van der Waals surface area contributed by atoms with E-state index in [0.29, 0.717) is 16.9 Å². The Bertz CT molecular complexity index is 689. The molecule has 0 aliphatic heterocycles. The fraction of sp³-hybridized carbons (Fsp3) is 0.316. The van der Waals surface area contributed by atoms with Crippen molar-refractivity contribution >= 4 is 5.97 Å². The zero-order chi connectivity index (χ0) is 17.3. The van der Waals surface area contributed by atoms with Gasteiger partial charge in [-0.1, -0.05) is 24.3 Å². The van der Waals surface area contributed by atoms with Gasteiger partial charge in [-0.2, -0.15) is 0 Å². The van der Waals surface area contributed by atoms with Gasteiger partial charge in [0.2, 0.25) is 0 Å². The van der Waals surface area contributed by atoms with Gasteiger partial charge < -0.3 is 14.9 Å². The Kier molecular flexibility index (Phi) is 4.59. The predicted octanol–water partition coefficient (Wildman–Crippen LogP) is 3.36. The molecule has 0 heterocycles. The highest BCUT2D eigenvalue weighted by molar-refractivity contribution is 5.91. The zero-order valence-electron chi connectivity index (χ0n) is 13.8. The summed E-state index contributed by atoms with van der Waals surface area (Å²) in [5, 5.41) is 19.9. The highest BCUT2D eigenvalue weighted by Crippen LogP contribution is 2.24. The first-order chi connectivity index (χ1) is 10.6. The molecule has 2 rings (SSSR count). The monoisotopic (exact) mass is 314 g/mol. The van der Waals surface area contributed by atoms with Crippen LogP contribution in [0.25, 0.3) is 0 Å². The predicted molar refractivity (Wildman–Crippen MR) is 88.3 cm³/mol. The third-order valence-electron chi connectivity index (χ3n) is 3.58. The Hall–Kier alpha value is -2.17. The van der Waals surface area contributed by atoms with Crippen LogP contribution in [0.2, 0.25) is 0 Å². The zero-order valence-corrected chi connectivity index (χ0v) is 13.8. The van der Waals surface area contributed by atoms with Crippen LogP contribution in [0.5, 0.6) is 5.75 Å². The number of carbonyl (C=O) groups excluding carboxylic acids is 1. The van der Waals surface area contributed by atoms with Crippen LogP contribution < -0.4 is 4.74 Å². The molecule has 0 bridgehead atoms. The molecule has 4 nitrogen and oxygen atoms in total.